The molecule has 1 rings (SSSR count). The lowest BCUT2D eigenvalue weighted by Crippen LogP contribution is -2.30. The molecular formula is C14H17Cl2NO4. The summed E-state index contributed by atoms with van der Waals surface area (Å²) in [6.45, 7) is 2.23. The van der Waals surface area contributed by atoms with E-state index in [1.807, 2.05) is 0 Å². The fourth-order valence-corrected chi connectivity index (χ4v) is 1.94. The van der Waals surface area contributed by atoms with Crippen molar-refractivity contribution in [3.63, 3.8) is 0 Å². The van der Waals surface area contributed by atoms with Crippen LogP contribution in [-0.2, 0) is 14.3 Å². The maximum atomic E-state index is 11.5. The van der Waals surface area contributed by atoms with Crippen LogP contribution in [0.25, 0.3) is 0 Å². The summed E-state index contributed by atoms with van der Waals surface area (Å²) in [5, 5.41) is 3.43. The van der Waals surface area contributed by atoms with Crippen molar-refractivity contribution in [3.8, 4) is 5.75 Å². The van der Waals surface area contributed by atoms with E-state index in [1.54, 1.807) is 25.1 Å². The molecule has 0 aromatic heterocycles. The predicted octanol–water partition coefficient (Wildman–Crippen LogP) is 2.83. The zero-order chi connectivity index (χ0) is 15.7. The Bertz CT molecular complexity index is 494. The normalized spacial score (nSPS) is 10.0. The zero-order valence-electron chi connectivity index (χ0n) is 11.7. The minimum absolute atomic E-state index is 0.115. The van der Waals surface area contributed by atoms with E-state index in [0.29, 0.717) is 35.4 Å². The van der Waals surface area contributed by atoms with Crippen molar-refractivity contribution in [2.24, 2.45) is 0 Å². The molecule has 1 amide bonds. The Morgan fingerprint density at radius 3 is 2.71 bits per heavy atom. The first-order valence-electron chi connectivity index (χ1n) is 6.53. The Hall–Kier alpha value is -1.46. The van der Waals surface area contributed by atoms with E-state index in [2.05, 4.69) is 5.32 Å². The maximum Gasteiger partial charge on any atom is 0.325 e. The minimum Gasteiger partial charge on any atom is -0.492 e. The second-order valence-electron chi connectivity index (χ2n) is 4.11. The van der Waals surface area contributed by atoms with E-state index in [9.17, 15) is 9.59 Å². The van der Waals surface area contributed by atoms with Crippen molar-refractivity contribution in [3.05, 3.63) is 28.2 Å². The second-order valence-corrected chi connectivity index (χ2v) is 4.95. The van der Waals surface area contributed by atoms with Gasteiger partial charge in [-0.15, -0.1) is 0 Å². The number of carbonyl (C=O) groups is 2. The third-order valence-electron chi connectivity index (χ3n) is 2.43. The molecule has 0 aliphatic heterocycles. The second kappa shape index (κ2) is 9.47. The lowest BCUT2D eigenvalue weighted by atomic mass is 10.3. The Kier molecular flexibility index (Phi) is 7.93. The molecule has 0 radical (unpaired) electrons. The highest BCUT2D eigenvalue weighted by Crippen LogP contribution is 2.27. The fraction of sp³-hybridized carbons (Fsp3) is 0.429. The standard InChI is InChI=1S/C14H17Cl2NO4/c1-2-20-14(19)9-17-13(18)4-3-7-21-12-6-5-10(15)8-11(12)16/h5-6,8H,2-4,7,9H2,1H3,(H,17,18). The molecule has 1 aromatic rings. The Morgan fingerprint density at radius 1 is 1.29 bits per heavy atom. The van der Waals surface area contributed by atoms with Crippen LogP contribution in [0.4, 0.5) is 0 Å². The van der Waals surface area contributed by atoms with Crippen molar-refractivity contribution in [1.29, 1.82) is 0 Å². The van der Waals surface area contributed by atoms with Crippen LogP contribution in [-0.4, -0.2) is 31.6 Å². The molecule has 7 heteroatoms. The monoisotopic (exact) mass is 333 g/mol. The lowest BCUT2D eigenvalue weighted by Gasteiger charge is -2.08. The number of hydrogen-bond donors (Lipinski definition) is 1. The SMILES string of the molecule is CCOC(=O)CNC(=O)CCCOc1ccc(Cl)cc1Cl. The number of benzene rings is 1. The van der Waals surface area contributed by atoms with Crippen LogP contribution in [0.3, 0.4) is 0 Å². The van der Waals surface area contributed by atoms with Gasteiger partial charge in [0.25, 0.3) is 0 Å². The van der Waals surface area contributed by atoms with Crippen molar-refractivity contribution in [2.45, 2.75) is 19.8 Å². The number of hydrogen-bond acceptors (Lipinski definition) is 4. The predicted molar refractivity (Wildman–Crippen MR) is 80.8 cm³/mol. The molecule has 0 atom stereocenters. The van der Waals surface area contributed by atoms with Crippen LogP contribution in [0.2, 0.25) is 10.0 Å². The zero-order valence-corrected chi connectivity index (χ0v) is 13.2. The summed E-state index contributed by atoms with van der Waals surface area (Å²) in [7, 11) is 0. The largest absolute Gasteiger partial charge is 0.492 e. The summed E-state index contributed by atoms with van der Waals surface area (Å²) >= 11 is 11.7. The highest BCUT2D eigenvalue weighted by Gasteiger charge is 2.06. The molecule has 0 heterocycles. The lowest BCUT2D eigenvalue weighted by molar-refractivity contribution is -0.143. The molecule has 5 nitrogen and oxygen atoms in total. The van der Waals surface area contributed by atoms with Gasteiger partial charge in [0.05, 0.1) is 18.2 Å². The van der Waals surface area contributed by atoms with Crippen LogP contribution < -0.4 is 10.1 Å². The van der Waals surface area contributed by atoms with Crippen LogP contribution in [0.15, 0.2) is 18.2 Å². The topological polar surface area (TPSA) is 64.6 Å². The maximum absolute atomic E-state index is 11.5. The van der Waals surface area contributed by atoms with Crippen molar-refractivity contribution in [2.75, 3.05) is 19.8 Å². The molecule has 0 bridgehead atoms. The first-order chi connectivity index (χ1) is 10.0. The third-order valence-corrected chi connectivity index (χ3v) is 2.97. The van der Waals surface area contributed by atoms with Gasteiger partial charge in [-0.1, -0.05) is 23.2 Å². The molecule has 0 spiro atoms. The van der Waals surface area contributed by atoms with Gasteiger partial charge in [0.1, 0.15) is 12.3 Å². The van der Waals surface area contributed by atoms with Gasteiger partial charge in [-0.05, 0) is 31.5 Å². The number of carbonyl (C=O) groups excluding carboxylic acids is 2. The fourth-order valence-electron chi connectivity index (χ4n) is 1.48. The molecule has 1 N–H and O–H groups in total. The Morgan fingerprint density at radius 2 is 2.05 bits per heavy atom. The minimum atomic E-state index is -0.449. The molecule has 0 aliphatic carbocycles. The summed E-state index contributed by atoms with van der Waals surface area (Å²) in [4.78, 5) is 22.5. The van der Waals surface area contributed by atoms with E-state index < -0.39 is 5.97 Å². The molecular weight excluding hydrogens is 317 g/mol. The number of esters is 1. The van der Waals surface area contributed by atoms with Crippen LogP contribution in [0.1, 0.15) is 19.8 Å². The summed E-state index contributed by atoms with van der Waals surface area (Å²) in [6.07, 6.45) is 0.762. The molecule has 21 heavy (non-hydrogen) atoms. The highest BCUT2D eigenvalue weighted by atomic mass is 35.5. The number of rotatable bonds is 8. The number of nitrogens with one attached hydrogen (secondary N) is 1. The quantitative estimate of drug-likeness (QED) is 0.586. The molecule has 0 fully saturated rings. The first-order valence-corrected chi connectivity index (χ1v) is 7.28. The average molecular weight is 334 g/mol. The van der Waals surface area contributed by atoms with Gasteiger partial charge in [-0.3, -0.25) is 9.59 Å². The molecule has 0 aliphatic rings. The van der Waals surface area contributed by atoms with Crippen molar-refractivity contribution < 1.29 is 19.1 Å². The molecule has 0 saturated heterocycles. The summed E-state index contributed by atoms with van der Waals surface area (Å²) in [6, 6.07) is 4.94. The van der Waals surface area contributed by atoms with E-state index in [-0.39, 0.29) is 18.9 Å². The smallest absolute Gasteiger partial charge is 0.325 e. The van der Waals surface area contributed by atoms with Gasteiger partial charge < -0.3 is 14.8 Å². The van der Waals surface area contributed by atoms with Gasteiger partial charge in [-0.2, -0.15) is 0 Å². The molecule has 0 saturated carbocycles. The van der Waals surface area contributed by atoms with Crippen molar-refractivity contribution in [1.82, 2.24) is 5.32 Å². The summed E-state index contributed by atoms with van der Waals surface area (Å²) < 4.78 is 10.1. The molecule has 0 unspecified atom stereocenters. The Balaban J connectivity index is 2.18. The summed E-state index contributed by atoms with van der Waals surface area (Å²) in [5.41, 5.74) is 0. The highest BCUT2D eigenvalue weighted by molar-refractivity contribution is 6.35. The average Bonchev–Trinajstić information content (AvgIpc) is 2.43. The Labute approximate surface area is 133 Å². The van der Waals surface area contributed by atoms with Crippen LogP contribution in [0.5, 0.6) is 5.75 Å². The van der Waals surface area contributed by atoms with E-state index >= 15 is 0 Å². The number of amides is 1. The van der Waals surface area contributed by atoms with E-state index in [0.717, 1.165) is 0 Å². The van der Waals surface area contributed by atoms with Crippen LogP contribution >= 0.6 is 23.2 Å². The van der Waals surface area contributed by atoms with Gasteiger partial charge >= 0.3 is 5.97 Å². The number of halogens is 2. The van der Waals surface area contributed by atoms with E-state index in [1.165, 1.54) is 0 Å². The van der Waals surface area contributed by atoms with Gasteiger partial charge in [0, 0.05) is 11.4 Å². The number of ether oxygens (including phenoxy) is 2. The molecule has 1 aromatic carbocycles. The van der Waals surface area contributed by atoms with Gasteiger partial charge in [0.2, 0.25) is 5.91 Å². The summed E-state index contributed by atoms with van der Waals surface area (Å²) in [5.74, 6) is -0.156. The van der Waals surface area contributed by atoms with Gasteiger partial charge in [0.15, 0.2) is 0 Å². The van der Waals surface area contributed by atoms with Crippen molar-refractivity contribution >= 4 is 35.1 Å². The third kappa shape index (κ3) is 7.20. The van der Waals surface area contributed by atoms with Crippen LogP contribution in [0, 0.1) is 0 Å². The molecule has 116 valence electrons. The van der Waals surface area contributed by atoms with Gasteiger partial charge in [-0.25, -0.2) is 0 Å². The first kappa shape index (κ1) is 17.6. The van der Waals surface area contributed by atoms with E-state index in [4.69, 9.17) is 32.7 Å².